The molecule has 0 unspecified atom stereocenters. The highest BCUT2D eigenvalue weighted by atomic mass is 16.5. The highest BCUT2D eigenvalue weighted by molar-refractivity contribution is 5.77. The van der Waals surface area contributed by atoms with E-state index in [9.17, 15) is 4.79 Å². The number of carboxylic acids is 1. The second kappa shape index (κ2) is 4.31. The quantitative estimate of drug-likeness (QED) is 0.789. The third-order valence-corrected chi connectivity index (χ3v) is 2.29. The summed E-state index contributed by atoms with van der Waals surface area (Å²) in [5.74, 6) is -0.525. The minimum Gasteiger partial charge on any atom is -0.496 e. The minimum absolute atomic E-state index is 0.530. The largest absolute Gasteiger partial charge is 0.496 e. The van der Waals surface area contributed by atoms with Crippen molar-refractivity contribution in [1.29, 1.82) is 0 Å². The van der Waals surface area contributed by atoms with E-state index in [-0.39, 0.29) is 0 Å². The molecular weight excluding hydrogens is 194 g/mol. The molecule has 0 spiro atoms. The molecule has 0 bridgehead atoms. The van der Waals surface area contributed by atoms with Crippen molar-refractivity contribution < 1.29 is 14.6 Å². The summed E-state index contributed by atoms with van der Waals surface area (Å²) >= 11 is 0. The zero-order valence-electron chi connectivity index (χ0n) is 9.07. The normalized spacial score (nSPS) is 12.3. The van der Waals surface area contributed by atoms with Gasteiger partial charge in [0, 0.05) is 5.56 Å². The maximum atomic E-state index is 10.8. The van der Waals surface area contributed by atoms with Crippen LogP contribution in [0.4, 0.5) is 0 Å². The Labute approximate surface area is 88.7 Å². The molecule has 4 nitrogen and oxygen atoms in total. The Balaban J connectivity index is 3.32. The molecule has 1 aromatic carbocycles. The zero-order chi connectivity index (χ0) is 11.6. The molecule has 0 saturated heterocycles. The third kappa shape index (κ3) is 2.27. The highest BCUT2D eigenvalue weighted by Crippen LogP contribution is 2.28. The molecule has 1 rings (SSSR count). The van der Waals surface area contributed by atoms with E-state index >= 15 is 0 Å². The lowest BCUT2D eigenvalue weighted by molar-refractivity contribution is -0.138. The molecule has 0 aliphatic carbocycles. The van der Waals surface area contributed by atoms with Crippen molar-refractivity contribution in [3.63, 3.8) is 0 Å². The minimum atomic E-state index is -1.06. The average molecular weight is 209 g/mol. The first kappa shape index (κ1) is 11.5. The van der Waals surface area contributed by atoms with Gasteiger partial charge in [-0.2, -0.15) is 0 Å². The van der Waals surface area contributed by atoms with Gasteiger partial charge in [0.1, 0.15) is 11.8 Å². The molecule has 0 aromatic heterocycles. The Bertz CT molecular complexity index is 388. The summed E-state index contributed by atoms with van der Waals surface area (Å²) in [5, 5.41) is 8.87. The standard InChI is InChI=1S/C11H15NO3/c1-6-4-7(2)9(8(5-6)15-3)10(12)11(13)14/h4-5,10H,12H2,1-3H3,(H,13,14)/t10-/m0/s1. The monoisotopic (exact) mass is 209 g/mol. The fourth-order valence-electron chi connectivity index (χ4n) is 1.63. The van der Waals surface area contributed by atoms with Crippen LogP contribution in [0.3, 0.4) is 0 Å². The lowest BCUT2D eigenvalue weighted by Crippen LogP contribution is -2.22. The summed E-state index contributed by atoms with van der Waals surface area (Å²) in [4.78, 5) is 10.8. The van der Waals surface area contributed by atoms with Crippen LogP contribution < -0.4 is 10.5 Å². The number of carbonyl (C=O) groups is 1. The van der Waals surface area contributed by atoms with Gasteiger partial charge < -0.3 is 15.6 Å². The zero-order valence-corrected chi connectivity index (χ0v) is 9.07. The van der Waals surface area contributed by atoms with Gasteiger partial charge in [-0.3, -0.25) is 4.79 Å². The van der Waals surface area contributed by atoms with E-state index in [2.05, 4.69) is 0 Å². The second-order valence-corrected chi connectivity index (χ2v) is 3.51. The van der Waals surface area contributed by atoms with Crippen molar-refractivity contribution in [1.82, 2.24) is 0 Å². The molecule has 15 heavy (non-hydrogen) atoms. The molecule has 1 aromatic rings. The molecule has 0 radical (unpaired) electrons. The number of ether oxygens (including phenoxy) is 1. The molecule has 1 atom stereocenters. The maximum Gasteiger partial charge on any atom is 0.325 e. The Morgan fingerprint density at radius 2 is 2.07 bits per heavy atom. The predicted molar refractivity (Wildman–Crippen MR) is 57.0 cm³/mol. The van der Waals surface area contributed by atoms with Crippen molar-refractivity contribution in [3.05, 3.63) is 28.8 Å². The molecule has 0 saturated carbocycles. The number of methoxy groups -OCH3 is 1. The molecule has 0 aliphatic rings. The van der Waals surface area contributed by atoms with Gasteiger partial charge >= 0.3 is 5.97 Å². The van der Waals surface area contributed by atoms with Crippen LogP contribution in [-0.4, -0.2) is 18.2 Å². The van der Waals surface area contributed by atoms with E-state index in [1.807, 2.05) is 19.9 Å². The molecule has 3 N–H and O–H groups in total. The van der Waals surface area contributed by atoms with E-state index in [1.165, 1.54) is 7.11 Å². The smallest absolute Gasteiger partial charge is 0.325 e. The van der Waals surface area contributed by atoms with Gasteiger partial charge in [0.25, 0.3) is 0 Å². The Morgan fingerprint density at radius 3 is 2.53 bits per heavy atom. The van der Waals surface area contributed by atoms with Crippen LogP contribution in [0, 0.1) is 13.8 Å². The van der Waals surface area contributed by atoms with Crippen molar-refractivity contribution in [2.24, 2.45) is 5.73 Å². The topological polar surface area (TPSA) is 72.5 Å². The van der Waals surface area contributed by atoms with Gasteiger partial charge in [0.2, 0.25) is 0 Å². The van der Waals surface area contributed by atoms with Crippen LogP contribution in [0.1, 0.15) is 22.7 Å². The van der Waals surface area contributed by atoms with Gasteiger partial charge in [-0.15, -0.1) is 0 Å². The molecule has 82 valence electrons. The summed E-state index contributed by atoms with van der Waals surface area (Å²) in [5.41, 5.74) is 7.98. The predicted octanol–water partition coefficient (Wildman–Crippen LogP) is 1.40. The first-order chi connectivity index (χ1) is 6.97. The van der Waals surface area contributed by atoms with Crippen LogP contribution in [0.25, 0.3) is 0 Å². The Hall–Kier alpha value is -1.55. The molecular formula is C11H15NO3. The van der Waals surface area contributed by atoms with Crippen LogP contribution >= 0.6 is 0 Å². The number of aryl methyl sites for hydroxylation is 2. The number of aliphatic carboxylic acids is 1. The number of hydrogen-bond acceptors (Lipinski definition) is 3. The summed E-state index contributed by atoms with van der Waals surface area (Å²) in [6, 6.07) is 2.63. The van der Waals surface area contributed by atoms with Gasteiger partial charge in [-0.25, -0.2) is 0 Å². The SMILES string of the molecule is COc1cc(C)cc(C)c1[C@H](N)C(=O)O. The van der Waals surface area contributed by atoms with Crippen molar-refractivity contribution in [3.8, 4) is 5.75 Å². The summed E-state index contributed by atoms with van der Waals surface area (Å²) in [6.07, 6.45) is 0. The van der Waals surface area contributed by atoms with Gasteiger partial charge in [0.15, 0.2) is 0 Å². The summed E-state index contributed by atoms with van der Waals surface area (Å²) < 4.78 is 5.13. The Kier molecular flexibility index (Phi) is 3.31. The van der Waals surface area contributed by atoms with Crippen LogP contribution in [0.2, 0.25) is 0 Å². The maximum absolute atomic E-state index is 10.8. The van der Waals surface area contributed by atoms with Crippen LogP contribution in [0.15, 0.2) is 12.1 Å². The van der Waals surface area contributed by atoms with Crippen molar-refractivity contribution in [2.45, 2.75) is 19.9 Å². The lowest BCUT2D eigenvalue weighted by atomic mass is 9.98. The van der Waals surface area contributed by atoms with Crippen molar-refractivity contribution >= 4 is 5.97 Å². The number of rotatable bonds is 3. The fourth-order valence-corrected chi connectivity index (χ4v) is 1.63. The molecule has 0 amide bonds. The molecule has 0 fully saturated rings. The van der Waals surface area contributed by atoms with Crippen molar-refractivity contribution in [2.75, 3.05) is 7.11 Å². The van der Waals surface area contributed by atoms with Gasteiger partial charge in [-0.05, 0) is 31.0 Å². The average Bonchev–Trinajstić information content (AvgIpc) is 2.15. The summed E-state index contributed by atoms with van der Waals surface area (Å²) in [7, 11) is 1.51. The number of nitrogens with two attached hydrogens (primary N) is 1. The van der Waals surface area contributed by atoms with Crippen LogP contribution in [-0.2, 0) is 4.79 Å². The fraction of sp³-hybridized carbons (Fsp3) is 0.364. The second-order valence-electron chi connectivity index (χ2n) is 3.51. The summed E-state index contributed by atoms with van der Waals surface area (Å²) in [6.45, 7) is 3.75. The first-order valence-corrected chi connectivity index (χ1v) is 4.61. The molecule has 4 heteroatoms. The first-order valence-electron chi connectivity index (χ1n) is 4.61. The highest BCUT2D eigenvalue weighted by Gasteiger charge is 2.21. The van der Waals surface area contributed by atoms with E-state index in [4.69, 9.17) is 15.6 Å². The van der Waals surface area contributed by atoms with Gasteiger partial charge in [-0.1, -0.05) is 6.07 Å². The third-order valence-electron chi connectivity index (χ3n) is 2.29. The molecule has 0 heterocycles. The van der Waals surface area contributed by atoms with Crippen LogP contribution in [0.5, 0.6) is 5.75 Å². The number of benzene rings is 1. The van der Waals surface area contributed by atoms with Gasteiger partial charge in [0.05, 0.1) is 7.11 Å². The number of hydrogen-bond donors (Lipinski definition) is 2. The number of carboxylic acid groups (broad SMARTS) is 1. The molecule has 0 aliphatic heterocycles. The van der Waals surface area contributed by atoms with E-state index in [0.29, 0.717) is 11.3 Å². The lowest BCUT2D eigenvalue weighted by Gasteiger charge is -2.15. The van der Waals surface area contributed by atoms with E-state index in [1.54, 1.807) is 6.07 Å². The van der Waals surface area contributed by atoms with E-state index in [0.717, 1.165) is 11.1 Å². The Morgan fingerprint density at radius 1 is 1.47 bits per heavy atom. The van der Waals surface area contributed by atoms with E-state index < -0.39 is 12.0 Å².